The topological polar surface area (TPSA) is 68.0 Å². The Balaban J connectivity index is 2.23. The number of aromatic nitrogens is 1. The summed E-state index contributed by atoms with van der Waals surface area (Å²) < 4.78 is 26.5. The molecule has 98 valence electrons. The average molecular weight is 263 g/mol. The molecule has 0 aliphatic carbocycles. The molecule has 6 heteroatoms. The Labute approximate surface area is 108 Å². The van der Waals surface area contributed by atoms with E-state index in [0.29, 0.717) is 5.69 Å². The number of amides is 1. The molecule has 0 aliphatic heterocycles. The first-order valence-electron chi connectivity index (χ1n) is 5.46. The van der Waals surface area contributed by atoms with Gasteiger partial charge in [-0.3, -0.25) is 9.78 Å². The van der Waals surface area contributed by atoms with Crippen LogP contribution in [0.4, 0.5) is 20.2 Å². The molecule has 0 fully saturated rings. The third-order valence-corrected chi connectivity index (χ3v) is 2.51. The van der Waals surface area contributed by atoms with E-state index in [1.54, 1.807) is 19.1 Å². The number of nitrogen functional groups attached to an aromatic ring is 1. The van der Waals surface area contributed by atoms with Crippen LogP contribution in [0.25, 0.3) is 0 Å². The molecule has 1 aromatic carbocycles. The van der Waals surface area contributed by atoms with E-state index in [-0.39, 0.29) is 5.56 Å². The van der Waals surface area contributed by atoms with Gasteiger partial charge in [0, 0.05) is 11.3 Å². The molecule has 2 aromatic rings. The average Bonchev–Trinajstić information content (AvgIpc) is 2.38. The summed E-state index contributed by atoms with van der Waals surface area (Å²) in [6, 6.07) is 5.12. The van der Waals surface area contributed by atoms with Crippen LogP contribution in [0.5, 0.6) is 0 Å². The van der Waals surface area contributed by atoms with Crippen molar-refractivity contribution in [3.8, 4) is 0 Å². The molecule has 4 nitrogen and oxygen atoms in total. The highest BCUT2D eigenvalue weighted by atomic mass is 19.1. The van der Waals surface area contributed by atoms with E-state index in [1.165, 1.54) is 6.20 Å². The Bertz CT molecular complexity index is 603. The molecule has 0 bridgehead atoms. The van der Waals surface area contributed by atoms with E-state index in [9.17, 15) is 13.6 Å². The van der Waals surface area contributed by atoms with Crippen molar-refractivity contribution in [3.63, 3.8) is 0 Å². The summed E-state index contributed by atoms with van der Waals surface area (Å²) in [5.41, 5.74) is 5.61. The maximum atomic E-state index is 13.2. The number of halogens is 2. The number of nitrogens with zero attached hydrogens (tertiary/aromatic N) is 1. The van der Waals surface area contributed by atoms with Gasteiger partial charge in [0.15, 0.2) is 0 Å². The number of hydrogen-bond acceptors (Lipinski definition) is 3. The second kappa shape index (κ2) is 5.01. The molecule has 0 radical (unpaired) electrons. The molecule has 1 aromatic heterocycles. The summed E-state index contributed by atoms with van der Waals surface area (Å²) >= 11 is 0. The summed E-state index contributed by atoms with van der Waals surface area (Å²) in [6.07, 6.45) is 1.46. The number of hydrogen-bond donors (Lipinski definition) is 2. The van der Waals surface area contributed by atoms with Crippen LogP contribution in [0.3, 0.4) is 0 Å². The van der Waals surface area contributed by atoms with Gasteiger partial charge < -0.3 is 11.1 Å². The van der Waals surface area contributed by atoms with Gasteiger partial charge in [0.05, 0.1) is 11.9 Å². The first kappa shape index (κ1) is 12.9. The Morgan fingerprint density at radius 3 is 2.42 bits per heavy atom. The van der Waals surface area contributed by atoms with Gasteiger partial charge in [-0.25, -0.2) is 8.78 Å². The molecular weight excluding hydrogens is 252 g/mol. The summed E-state index contributed by atoms with van der Waals surface area (Å²) in [6.45, 7) is 1.80. The highest BCUT2D eigenvalue weighted by Crippen LogP contribution is 2.18. The second-order valence-electron chi connectivity index (χ2n) is 4.00. The van der Waals surface area contributed by atoms with Crippen LogP contribution in [-0.2, 0) is 0 Å². The zero-order valence-electron chi connectivity index (χ0n) is 10.1. The number of rotatable bonds is 2. The van der Waals surface area contributed by atoms with Gasteiger partial charge in [-0.05, 0) is 31.2 Å². The van der Waals surface area contributed by atoms with Gasteiger partial charge in [-0.1, -0.05) is 0 Å². The Morgan fingerprint density at radius 1 is 1.26 bits per heavy atom. The lowest BCUT2D eigenvalue weighted by Gasteiger charge is -2.06. The number of carbonyl (C=O) groups excluding carboxylic acids is 1. The number of nitrogens with one attached hydrogen (secondary N) is 1. The fourth-order valence-corrected chi connectivity index (χ4v) is 1.46. The summed E-state index contributed by atoms with van der Waals surface area (Å²) in [5.74, 6) is -2.57. The smallest absolute Gasteiger partial charge is 0.255 e. The fraction of sp³-hybridized carbons (Fsp3) is 0.0769. The predicted molar refractivity (Wildman–Crippen MR) is 67.7 cm³/mol. The van der Waals surface area contributed by atoms with Crippen LogP contribution in [0.2, 0.25) is 0 Å². The largest absolute Gasteiger partial charge is 0.394 e. The highest BCUT2D eigenvalue weighted by Gasteiger charge is 2.13. The van der Waals surface area contributed by atoms with Crippen molar-refractivity contribution in [3.05, 3.63) is 53.4 Å². The maximum absolute atomic E-state index is 13.2. The van der Waals surface area contributed by atoms with E-state index < -0.39 is 23.2 Å². The fourth-order valence-electron chi connectivity index (χ4n) is 1.46. The molecule has 1 heterocycles. The molecule has 0 atom stereocenters. The first-order valence-corrected chi connectivity index (χ1v) is 5.46. The second-order valence-corrected chi connectivity index (χ2v) is 4.00. The molecule has 0 unspecified atom stereocenters. The van der Waals surface area contributed by atoms with Crippen molar-refractivity contribution in [2.75, 3.05) is 11.1 Å². The summed E-state index contributed by atoms with van der Waals surface area (Å²) in [4.78, 5) is 15.8. The van der Waals surface area contributed by atoms with Crippen LogP contribution in [0.1, 0.15) is 16.1 Å². The van der Waals surface area contributed by atoms with Gasteiger partial charge in [0.1, 0.15) is 17.3 Å². The van der Waals surface area contributed by atoms with Gasteiger partial charge in [0.25, 0.3) is 5.91 Å². The Morgan fingerprint density at radius 2 is 1.89 bits per heavy atom. The standard InChI is InChI=1S/C13H11F2N3O/c1-7-2-3-9(6-17-7)18-13(19)8-4-10(14)12(16)11(15)5-8/h2-6H,16H2,1H3,(H,18,19). The van der Waals surface area contributed by atoms with Crippen LogP contribution in [0, 0.1) is 18.6 Å². The first-order chi connectivity index (χ1) is 8.97. The third kappa shape index (κ3) is 2.85. The molecule has 1 amide bonds. The highest BCUT2D eigenvalue weighted by molar-refractivity contribution is 6.04. The van der Waals surface area contributed by atoms with Gasteiger partial charge in [-0.15, -0.1) is 0 Å². The van der Waals surface area contributed by atoms with Crippen molar-refractivity contribution in [1.29, 1.82) is 0 Å². The van der Waals surface area contributed by atoms with Crippen LogP contribution >= 0.6 is 0 Å². The minimum absolute atomic E-state index is 0.148. The number of anilines is 2. The zero-order valence-corrected chi connectivity index (χ0v) is 10.1. The minimum atomic E-state index is -0.966. The predicted octanol–water partition coefficient (Wildman–Crippen LogP) is 2.50. The van der Waals surface area contributed by atoms with Crippen molar-refractivity contribution in [2.45, 2.75) is 6.92 Å². The minimum Gasteiger partial charge on any atom is -0.394 e. The molecule has 0 aliphatic rings. The monoisotopic (exact) mass is 263 g/mol. The number of benzene rings is 1. The number of pyridine rings is 1. The van der Waals surface area contributed by atoms with Crippen molar-refractivity contribution in [2.24, 2.45) is 0 Å². The zero-order chi connectivity index (χ0) is 14.0. The summed E-state index contributed by atoms with van der Waals surface area (Å²) in [5, 5.41) is 2.48. The molecule has 0 saturated carbocycles. The molecule has 0 spiro atoms. The maximum Gasteiger partial charge on any atom is 0.255 e. The van der Waals surface area contributed by atoms with Gasteiger partial charge in [-0.2, -0.15) is 0 Å². The third-order valence-electron chi connectivity index (χ3n) is 2.51. The van der Waals surface area contributed by atoms with Crippen LogP contribution < -0.4 is 11.1 Å². The lowest BCUT2D eigenvalue weighted by atomic mass is 10.1. The number of carbonyl (C=O) groups is 1. The van der Waals surface area contributed by atoms with E-state index in [1.807, 2.05) is 0 Å². The molecular formula is C13H11F2N3O. The lowest BCUT2D eigenvalue weighted by molar-refractivity contribution is 0.102. The molecule has 0 saturated heterocycles. The van der Waals surface area contributed by atoms with E-state index in [2.05, 4.69) is 10.3 Å². The van der Waals surface area contributed by atoms with E-state index in [4.69, 9.17) is 5.73 Å². The number of aryl methyl sites for hydroxylation is 1. The quantitative estimate of drug-likeness (QED) is 0.818. The number of nitrogens with two attached hydrogens (primary N) is 1. The van der Waals surface area contributed by atoms with Crippen molar-refractivity contribution < 1.29 is 13.6 Å². The lowest BCUT2D eigenvalue weighted by Crippen LogP contribution is -2.13. The Kier molecular flexibility index (Phi) is 3.41. The van der Waals surface area contributed by atoms with E-state index in [0.717, 1.165) is 17.8 Å². The SMILES string of the molecule is Cc1ccc(NC(=O)c2cc(F)c(N)c(F)c2)cn1. The van der Waals surface area contributed by atoms with Gasteiger partial charge in [0.2, 0.25) is 0 Å². The van der Waals surface area contributed by atoms with Crippen molar-refractivity contribution in [1.82, 2.24) is 4.98 Å². The van der Waals surface area contributed by atoms with Crippen LogP contribution in [0.15, 0.2) is 30.5 Å². The van der Waals surface area contributed by atoms with E-state index >= 15 is 0 Å². The Hall–Kier alpha value is -2.50. The molecule has 2 rings (SSSR count). The van der Waals surface area contributed by atoms with Crippen LogP contribution in [-0.4, -0.2) is 10.9 Å². The van der Waals surface area contributed by atoms with Crippen molar-refractivity contribution >= 4 is 17.3 Å². The van der Waals surface area contributed by atoms with Gasteiger partial charge >= 0.3 is 0 Å². The summed E-state index contributed by atoms with van der Waals surface area (Å²) in [7, 11) is 0. The normalized spacial score (nSPS) is 10.3. The molecule has 19 heavy (non-hydrogen) atoms. The molecule has 3 N–H and O–H groups in total.